The standard InChI is InChI=1S/C11H15BrFNO2/c1-6(5-14)9-10(12)7(13)4-8(15-2)11(9)16-3/h4,6H,5,14H2,1-3H3. The first-order chi connectivity index (χ1) is 7.56. The highest BCUT2D eigenvalue weighted by atomic mass is 79.9. The van der Waals surface area contributed by atoms with E-state index in [-0.39, 0.29) is 11.7 Å². The van der Waals surface area contributed by atoms with Crippen LogP contribution in [-0.4, -0.2) is 20.8 Å². The van der Waals surface area contributed by atoms with Gasteiger partial charge in [-0.25, -0.2) is 4.39 Å². The molecule has 1 rings (SSSR count). The first kappa shape index (κ1) is 13.3. The molecular weight excluding hydrogens is 277 g/mol. The Bertz CT molecular complexity index is 385. The molecule has 0 bridgehead atoms. The van der Waals surface area contributed by atoms with Gasteiger partial charge in [0.2, 0.25) is 0 Å². The molecule has 1 atom stereocenters. The summed E-state index contributed by atoms with van der Waals surface area (Å²) in [7, 11) is 3.00. The zero-order chi connectivity index (χ0) is 12.3. The van der Waals surface area contributed by atoms with Crippen LogP contribution >= 0.6 is 15.9 Å². The molecule has 0 saturated carbocycles. The Morgan fingerprint density at radius 2 is 2.06 bits per heavy atom. The Morgan fingerprint density at radius 3 is 2.50 bits per heavy atom. The third-order valence-electron chi connectivity index (χ3n) is 2.44. The maximum absolute atomic E-state index is 13.6. The number of benzene rings is 1. The maximum atomic E-state index is 13.6. The zero-order valence-electron chi connectivity index (χ0n) is 9.51. The van der Waals surface area contributed by atoms with Gasteiger partial charge in [-0.05, 0) is 28.4 Å². The van der Waals surface area contributed by atoms with Gasteiger partial charge in [-0.3, -0.25) is 0 Å². The van der Waals surface area contributed by atoms with E-state index in [1.165, 1.54) is 20.3 Å². The predicted octanol–water partition coefficient (Wildman–Crippen LogP) is 2.67. The Balaban J connectivity index is 3.46. The quantitative estimate of drug-likeness (QED) is 0.928. The monoisotopic (exact) mass is 291 g/mol. The second kappa shape index (κ2) is 5.50. The van der Waals surface area contributed by atoms with Crippen LogP contribution in [0.1, 0.15) is 18.4 Å². The predicted molar refractivity (Wildman–Crippen MR) is 64.7 cm³/mol. The Labute approximate surface area is 103 Å². The molecule has 1 aromatic rings. The normalized spacial score (nSPS) is 12.4. The van der Waals surface area contributed by atoms with Gasteiger partial charge in [0, 0.05) is 11.6 Å². The molecule has 0 amide bonds. The van der Waals surface area contributed by atoms with Gasteiger partial charge in [-0.15, -0.1) is 0 Å². The van der Waals surface area contributed by atoms with Crippen LogP contribution in [0.25, 0.3) is 0 Å². The Kier molecular flexibility index (Phi) is 4.56. The SMILES string of the molecule is COc1cc(F)c(Br)c(C(C)CN)c1OC. The molecule has 0 aliphatic heterocycles. The van der Waals surface area contributed by atoms with Crippen molar-refractivity contribution in [2.24, 2.45) is 5.73 Å². The molecule has 5 heteroatoms. The topological polar surface area (TPSA) is 44.5 Å². The minimum atomic E-state index is -0.382. The minimum absolute atomic E-state index is 0.0195. The van der Waals surface area contributed by atoms with Crippen molar-refractivity contribution < 1.29 is 13.9 Å². The van der Waals surface area contributed by atoms with Crippen LogP contribution in [0.3, 0.4) is 0 Å². The van der Waals surface area contributed by atoms with Crippen molar-refractivity contribution in [3.63, 3.8) is 0 Å². The molecule has 0 aromatic heterocycles. The van der Waals surface area contributed by atoms with Crippen LogP contribution in [0.5, 0.6) is 11.5 Å². The average Bonchev–Trinajstić information content (AvgIpc) is 2.30. The first-order valence-electron chi connectivity index (χ1n) is 4.86. The van der Waals surface area contributed by atoms with Crippen LogP contribution in [0, 0.1) is 5.82 Å². The molecular formula is C11H15BrFNO2. The third kappa shape index (κ3) is 2.30. The van der Waals surface area contributed by atoms with Crippen LogP contribution in [0.15, 0.2) is 10.5 Å². The number of hydrogen-bond acceptors (Lipinski definition) is 3. The Hall–Kier alpha value is -0.810. The summed E-state index contributed by atoms with van der Waals surface area (Å²) in [6.07, 6.45) is 0. The van der Waals surface area contributed by atoms with Crippen molar-refractivity contribution in [3.05, 3.63) is 21.9 Å². The van der Waals surface area contributed by atoms with Crippen molar-refractivity contribution in [1.82, 2.24) is 0 Å². The van der Waals surface area contributed by atoms with Crippen molar-refractivity contribution >= 4 is 15.9 Å². The largest absolute Gasteiger partial charge is 0.493 e. The maximum Gasteiger partial charge on any atom is 0.165 e. The fraction of sp³-hybridized carbons (Fsp3) is 0.455. The molecule has 2 N–H and O–H groups in total. The summed E-state index contributed by atoms with van der Waals surface area (Å²) in [5, 5.41) is 0. The van der Waals surface area contributed by atoms with E-state index in [2.05, 4.69) is 15.9 Å². The highest BCUT2D eigenvalue weighted by Crippen LogP contribution is 2.41. The van der Waals surface area contributed by atoms with E-state index in [1.54, 1.807) is 0 Å². The fourth-order valence-electron chi connectivity index (χ4n) is 1.53. The molecule has 0 heterocycles. The van der Waals surface area contributed by atoms with Crippen molar-refractivity contribution in [3.8, 4) is 11.5 Å². The highest BCUT2D eigenvalue weighted by molar-refractivity contribution is 9.10. The number of ether oxygens (including phenoxy) is 2. The van der Waals surface area contributed by atoms with Crippen molar-refractivity contribution in [1.29, 1.82) is 0 Å². The number of methoxy groups -OCH3 is 2. The lowest BCUT2D eigenvalue weighted by Gasteiger charge is -2.19. The van der Waals surface area contributed by atoms with Gasteiger partial charge in [0.1, 0.15) is 5.82 Å². The van der Waals surface area contributed by atoms with E-state index in [0.29, 0.717) is 28.1 Å². The average molecular weight is 292 g/mol. The van der Waals surface area contributed by atoms with Crippen LogP contribution < -0.4 is 15.2 Å². The molecule has 16 heavy (non-hydrogen) atoms. The molecule has 0 saturated heterocycles. The van der Waals surface area contributed by atoms with Crippen molar-refractivity contribution in [2.45, 2.75) is 12.8 Å². The summed E-state index contributed by atoms with van der Waals surface area (Å²) in [4.78, 5) is 0. The van der Waals surface area contributed by atoms with E-state index < -0.39 is 0 Å². The molecule has 0 aliphatic carbocycles. The fourth-order valence-corrected chi connectivity index (χ4v) is 2.21. The summed E-state index contributed by atoms with van der Waals surface area (Å²) < 4.78 is 24.3. The van der Waals surface area contributed by atoms with Crippen molar-refractivity contribution in [2.75, 3.05) is 20.8 Å². The number of nitrogens with two attached hydrogens (primary N) is 1. The van der Waals surface area contributed by atoms with Gasteiger partial charge >= 0.3 is 0 Å². The second-order valence-electron chi connectivity index (χ2n) is 3.46. The summed E-state index contributed by atoms with van der Waals surface area (Å²) in [6, 6.07) is 1.29. The van der Waals surface area contributed by atoms with E-state index in [4.69, 9.17) is 15.2 Å². The first-order valence-corrected chi connectivity index (χ1v) is 5.66. The van der Waals surface area contributed by atoms with Gasteiger partial charge in [-0.1, -0.05) is 6.92 Å². The van der Waals surface area contributed by atoms with Gasteiger partial charge in [0.15, 0.2) is 11.5 Å². The third-order valence-corrected chi connectivity index (χ3v) is 3.25. The number of halogens is 2. The zero-order valence-corrected chi connectivity index (χ0v) is 11.1. The van der Waals surface area contributed by atoms with Gasteiger partial charge in [0.05, 0.1) is 18.7 Å². The van der Waals surface area contributed by atoms with E-state index in [9.17, 15) is 4.39 Å². The van der Waals surface area contributed by atoms with Gasteiger partial charge < -0.3 is 15.2 Å². The summed E-state index contributed by atoms with van der Waals surface area (Å²) in [5.74, 6) is 0.495. The second-order valence-corrected chi connectivity index (χ2v) is 4.25. The molecule has 1 unspecified atom stereocenters. The lowest BCUT2D eigenvalue weighted by molar-refractivity contribution is 0.346. The lowest BCUT2D eigenvalue weighted by Crippen LogP contribution is -2.12. The molecule has 0 spiro atoms. The minimum Gasteiger partial charge on any atom is -0.493 e. The van der Waals surface area contributed by atoms with E-state index in [1.807, 2.05) is 6.92 Å². The number of rotatable bonds is 4. The number of hydrogen-bond donors (Lipinski definition) is 1. The molecule has 0 aliphatic rings. The molecule has 3 nitrogen and oxygen atoms in total. The molecule has 1 aromatic carbocycles. The van der Waals surface area contributed by atoms with E-state index in [0.717, 1.165) is 0 Å². The molecule has 90 valence electrons. The molecule has 0 fully saturated rings. The summed E-state index contributed by atoms with van der Waals surface area (Å²) in [5.41, 5.74) is 6.29. The van der Waals surface area contributed by atoms with Gasteiger partial charge in [0.25, 0.3) is 0 Å². The Morgan fingerprint density at radius 1 is 1.44 bits per heavy atom. The molecule has 0 radical (unpaired) electrons. The lowest BCUT2D eigenvalue weighted by atomic mass is 9.99. The smallest absolute Gasteiger partial charge is 0.165 e. The summed E-state index contributed by atoms with van der Waals surface area (Å²) >= 11 is 3.21. The van der Waals surface area contributed by atoms with Crippen LogP contribution in [0.2, 0.25) is 0 Å². The summed E-state index contributed by atoms with van der Waals surface area (Å²) in [6.45, 7) is 2.31. The van der Waals surface area contributed by atoms with Crippen LogP contribution in [0.4, 0.5) is 4.39 Å². The van der Waals surface area contributed by atoms with Gasteiger partial charge in [-0.2, -0.15) is 0 Å². The van der Waals surface area contributed by atoms with Crippen LogP contribution in [-0.2, 0) is 0 Å². The van der Waals surface area contributed by atoms with E-state index >= 15 is 0 Å². The highest BCUT2D eigenvalue weighted by Gasteiger charge is 2.21.